The van der Waals surface area contributed by atoms with Crippen LogP contribution in [0.15, 0.2) is 72.3 Å². The van der Waals surface area contributed by atoms with Crippen molar-refractivity contribution in [3.05, 3.63) is 83.4 Å². The smallest absolute Gasteiger partial charge is 0.300 e. The quantitative estimate of drug-likeness (QED) is 0.255. The molecule has 1 N–H and O–H groups in total. The molecule has 2 aliphatic heterocycles. The van der Waals surface area contributed by atoms with Crippen LogP contribution in [0.4, 0.5) is 22.7 Å². The van der Waals surface area contributed by atoms with Crippen molar-refractivity contribution in [3.8, 4) is 5.75 Å². The number of Topliss-reactive ketones (excluding diaryl/α,β-unsaturated/α-hetero) is 1. The Hall–Kier alpha value is -4.46. The monoisotopic (exact) mass is 540 g/mol. The largest absolute Gasteiger partial charge is 0.507 e. The van der Waals surface area contributed by atoms with E-state index in [2.05, 4.69) is 18.7 Å². The highest BCUT2D eigenvalue weighted by atomic mass is 16.5. The maximum absolute atomic E-state index is 13.6. The first-order valence-corrected chi connectivity index (χ1v) is 13.7. The van der Waals surface area contributed by atoms with Crippen LogP contribution in [0.3, 0.4) is 0 Å². The molecule has 1 saturated heterocycles. The number of hydrogen-bond donors (Lipinski definition) is 1. The number of carbonyl (C=O) groups is 2. The molecule has 1 fully saturated rings. The van der Waals surface area contributed by atoms with Crippen molar-refractivity contribution in [2.75, 3.05) is 67.0 Å². The maximum atomic E-state index is 13.6. The van der Waals surface area contributed by atoms with Gasteiger partial charge in [0.15, 0.2) is 0 Å². The molecule has 3 aromatic rings. The minimum absolute atomic E-state index is 0.0646. The van der Waals surface area contributed by atoms with Crippen LogP contribution in [-0.4, -0.2) is 64.2 Å². The summed E-state index contributed by atoms with van der Waals surface area (Å²) in [7, 11) is 5.86. The summed E-state index contributed by atoms with van der Waals surface area (Å²) in [6.45, 7) is 7.20. The number of amides is 1. The summed E-state index contributed by atoms with van der Waals surface area (Å²) in [6, 6.07) is 19.9. The Labute approximate surface area is 235 Å². The highest BCUT2D eigenvalue weighted by molar-refractivity contribution is 6.51. The van der Waals surface area contributed by atoms with Gasteiger partial charge in [0.25, 0.3) is 11.7 Å². The molecule has 1 amide bonds. The molecule has 3 aromatic carbocycles. The van der Waals surface area contributed by atoms with E-state index in [9.17, 15) is 14.7 Å². The highest BCUT2D eigenvalue weighted by Gasteiger charge is 2.47. The number of likely N-dealkylation sites (N-methyl/N-ethyl adjacent to an activating group) is 1. The molecule has 1 unspecified atom stereocenters. The van der Waals surface area contributed by atoms with Gasteiger partial charge < -0.3 is 24.5 Å². The SMILES string of the molecule is CCN(CC)c1ccc(N2C(=O)C(=O)/C(=C(\O)c3ccc4c(c3)N(C)CCO4)C2c2ccc(N(C)C)cc2)cc1. The lowest BCUT2D eigenvalue weighted by Gasteiger charge is -2.28. The molecule has 0 spiro atoms. The molecule has 8 heteroatoms. The van der Waals surface area contributed by atoms with Gasteiger partial charge >= 0.3 is 0 Å². The standard InChI is InChI=1S/C32H36N4O4/c1-6-35(7-2)24-13-15-25(16-14-24)36-29(21-8-11-23(12-9-21)33(3)4)28(31(38)32(36)39)30(37)22-10-17-27-26(20-22)34(5)18-19-40-27/h8-17,20,29,37H,6-7,18-19H2,1-5H3/b30-28-. The minimum atomic E-state index is -0.791. The topological polar surface area (TPSA) is 76.6 Å². The fourth-order valence-corrected chi connectivity index (χ4v) is 5.44. The van der Waals surface area contributed by atoms with Crippen molar-refractivity contribution in [2.24, 2.45) is 0 Å². The van der Waals surface area contributed by atoms with E-state index in [0.29, 0.717) is 24.4 Å². The van der Waals surface area contributed by atoms with Crippen LogP contribution in [0, 0.1) is 0 Å². The third-order valence-electron chi connectivity index (χ3n) is 7.75. The predicted octanol–water partition coefficient (Wildman–Crippen LogP) is 5.05. The highest BCUT2D eigenvalue weighted by Crippen LogP contribution is 2.44. The van der Waals surface area contributed by atoms with Crippen LogP contribution in [0.25, 0.3) is 5.76 Å². The van der Waals surface area contributed by atoms with Crippen molar-refractivity contribution >= 4 is 40.2 Å². The van der Waals surface area contributed by atoms with Gasteiger partial charge in [0.05, 0.1) is 23.8 Å². The Morgan fingerprint density at radius 3 is 2.23 bits per heavy atom. The molecule has 0 aromatic heterocycles. The summed E-state index contributed by atoms with van der Waals surface area (Å²) in [5, 5.41) is 11.6. The zero-order chi connectivity index (χ0) is 28.6. The van der Waals surface area contributed by atoms with Gasteiger partial charge in [-0.25, -0.2) is 0 Å². The zero-order valence-electron chi connectivity index (χ0n) is 23.7. The number of benzene rings is 3. The van der Waals surface area contributed by atoms with Crippen LogP contribution in [0.5, 0.6) is 5.75 Å². The number of hydrogen-bond acceptors (Lipinski definition) is 7. The molecule has 208 valence electrons. The molecule has 2 heterocycles. The van der Waals surface area contributed by atoms with Crippen molar-refractivity contribution < 1.29 is 19.4 Å². The van der Waals surface area contributed by atoms with Crippen LogP contribution in [0.2, 0.25) is 0 Å². The van der Waals surface area contributed by atoms with E-state index in [0.717, 1.165) is 41.5 Å². The van der Waals surface area contributed by atoms with E-state index in [1.54, 1.807) is 12.1 Å². The number of fused-ring (bicyclic) bond motifs is 1. The summed E-state index contributed by atoms with van der Waals surface area (Å²) in [6.07, 6.45) is 0. The lowest BCUT2D eigenvalue weighted by Crippen LogP contribution is -2.29. The lowest BCUT2D eigenvalue weighted by atomic mass is 9.94. The number of aliphatic hydroxyl groups excluding tert-OH is 1. The Kier molecular flexibility index (Phi) is 7.43. The second-order valence-corrected chi connectivity index (χ2v) is 10.3. The average molecular weight is 541 g/mol. The van der Waals surface area contributed by atoms with Crippen LogP contribution < -0.4 is 24.3 Å². The van der Waals surface area contributed by atoms with Gasteiger partial charge in [0.1, 0.15) is 18.1 Å². The average Bonchev–Trinajstić information content (AvgIpc) is 3.23. The first kappa shape index (κ1) is 27.1. The molecule has 40 heavy (non-hydrogen) atoms. The molecule has 0 radical (unpaired) electrons. The third-order valence-corrected chi connectivity index (χ3v) is 7.75. The van der Waals surface area contributed by atoms with E-state index in [4.69, 9.17) is 4.74 Å². The fraction of sp³-hybridized carbons (Fsp3) is 0.312. The first-order chi connectivity index (χ1) is 19.2. The van der Waals surface area contributed by atoms with E-state index >= 15 is 0 Å². The van der Waals surface area contributed by atoms with Crippen molar-refractivity contribution in [3.63, 3.8) is 0 Å². The molecule has 8 nitrogen and oxygen atoms in total. The van der Waals surface area contributed by atoms with Gasteiger partial charge in [0.2, 0.25) is 0 Å². The Morgan fingerprint density at radius 1 is 0.950 bits per heavy atom. The van der Waals surface area contributed by atoms with E-state index < -0.39 is 17.7 Å². The summed E-state index contributed by atoms with van der Waals surface area (Å²) in [4.78, 5) is 35.0. The van der Waals surface area contributed by atoms with Crippen LogP contribution in [-0.2, 0) is 9.59 Å². The first-order valence-electron chi connectivity index (χ1n) is 13.7. The normalized spacial score (nSPS) is 18.0. The Morgan fingerprint density at radius 2 is 1.60 bits per heavy atom. The zero-order valence-corrected chi connectivity index (χ0v) is 23.7. The molecule has 1 atom stereocenters. The number of nitrogens with zero attached hydrogens (tertiary/aromatic N) is 4. The van der Waals surface area contributed by atoms with Gasteiger partial charge in [-0.1, -0.05) is 12.1 Å². The number of ketones is 1. The second-order valence-electron chi connectivity index (χ2n) is 10.3. The minimum Gasteiger partial charge on any atom is -0.507 e. The van der Waals surface area contributed by atoms with Gasteiger partial charge in [-0.2, -0.15) is 0 Å². The predicted molar refractivity (Wildman–Crippen MR) is 161 cm³/mol. The number of carbonyl (C=O) groups excluding carboxylic acids is 2. The molecule has 0 aliphatic carbocycles. The van der Waals surface area contributed by atoms with Crippen LogP contribution in [0.1, 0.15) is 31.0 Å². The van der Waals surface area contributed by atoms with Gasteiger partial charge in [-0.05, 0) is 74.0 Å². The van der Waals surface area contributed by atoms with Crippen molar-refractivity contribution in [2.45, 2.75) is 19.9 Å². The maximum Gasteiger partial charge on any atom is 0.300 e. The molecule has 5 rings (SSSR count). The Bertz CT molecular complexity index is 1440. The number of aliphatic hydroxyl groups is 1. The van der Waals surface area contributed by atoms with Gasteiger partial charge in [-0.15, -0.1) is 0 Å². The van der Waals surface area contributed by atoms with E-state index in [1.165, 1.54) is 4.90 Å². The molecular weight excluding hydrogens is 504 g/mol. The fourth-order valence-electron chi connectivity index (χ4n) is 5.44. The van der Waals surface area contributed by atoms with Crippen LogP contribution >= 0.6 is 0 Å². The summed E-state index contributed by atoms with van der Waals surface area (Å²) in [5.74, 6) is -0.870. The number of anilines is 4. The second kappa shape index (κ2) is 11.0. The molecule has 2 aliphatic rings. The van der Waals surface area contributed by atoms with Crippen molar-refractivity contribution in [1.29, 1.82) is 0 Å². The Balaban J connectivity index is 1.64. The van der Waals surface area contributed by atoms with E-state index in [-0.39, 0.29) is 11.3 Å². The number of ether oxygens (including phenoxy) is 1. The lowest BCUT2D eigenvalue weighted by molar-refractivity contribution is -0.132. The number of rotatable bonds is 7. The van der Waals surface area contributed by atoms with E-state index in [1.807, 2.05) is 85.5 Å². The summed E-state index contributed by atoms with van der Waals surface area (Å²) in [5.41, 5.74) is 4.70. The van der Waals surface area contributed by atoms with Gasteiger partial charge in [-0.3, -0.25) is 14.5 Å². The van der Waals surface area contributed by atoms with Crippen molar-refractivity contribution in [1.82, 2.24) is 0 Å². The third kappa shape index (κ3) is 4.74. The summed E-state index contributed by atoms with van der Waals surface area (Å²) >= 11 is 0. The molecule has 0 saturated carbocycles. The van der Waals surface area contributed by atoms with Gasteiger partial charge in [0, 0.05) is 56.9 Å². The molecular formula is C32H36N4O4. The molecule has 0 bridgehead atoms. The summed E-state index contributed by atoms with van der Waals surface area (Å²) < 4.78 is 5.75.